The molecule has 0 aliphatic rings. The largest absolute Gasteiger partial charge is 0.330 e. The van der Waals surface area contributed by atoms with E-state index in [1.807, 2.05) is 0 Å². The van der Waals surface area contributed by atoms with Crippen molar-refractivity contribution in [3.05, 3.63) is 0 Å². The molecule has 90 valence electrons. The maximum Gasteiger partial charge on any atom is 0.0672 e. The molecular formula is C12H22N4. The summed E-state index contributed by atoms with van der Waals surface area (Å²) in [6, 6.07) is 4.27. The first kappa shape index (κ1) is 14.9. The fourth-order valence-corrected chi connectivity index (χ4v) is 1.68. The molecule has 0 spiro atoms. The highest BCUT2D eigenvalue weighted by Crippen LogP contribution is 2.15. The van der Waals surface area contributed by atoms with Crippen LogP contribution in [0.2, 0.25) is 0 Å². The molecule has 0 aliphatic heterocycles. The highest BCUT2D eigenvalue weighted by atomic mass is 14.6. The Morgan fingerprint density at radius 3 is 2.31 bits per heavy atom. The summed E-state index contributed by atoms with van der Waals surface area (Å²) in [5, 5.41) is 17.4. The zero-order chi connectivity index (χ0) is 12.2. The minimum Gasteiger partial charge on any atom is -0.330 e. The van der Waals surface area contributed by atoms with E-state index in [0.29, 0.717) is 6.42 Å². The number of hydrogen-bond donors (Lipinski definition) is 2. The molecule has 0 aromatic carbocycles. The Balaban J connectivity index is 3.71. The van der Waals surface area contributed by atoms with Crippen LogP contribution in [-0.4, -0.2) is 12.6 Å². The van der Waals surface area contributed by atoms with E-state index < -0.39 is 0 Å². The van der Waals surface area contributed by atoms with Gasteiger partial charge < -0.3 is 11.5 Å². The molecule has 0 rings (SSSR count). The van der Waals surface area contributed by atoms with Crippen LogP contribution in [0, 0.1) is 28.6 Å². The summed E-state index contributed by atoms with van der Waals surface area (Å²) in [7, 11) is 0. The number of unbranched alkanes of at least 4 members (excludes halogenated alkanes) is 3. The molecule has 16 heavy (non-hydrogen) atoms. The van der Waals surface area contributed by atoms with Crippen LogP contribution < -0.4 is 11.5 Å². The molecule has 2 atom stereocenters. The first-order chi connectivity index (χ1) is 7.76. The second-order valence-corrected chi connectivity index (χ2v) is 4.09. The minimum absolute atomic E-state index is 0.0542. The van der Waals surface area contributed by atoms with Crippen molar-refractivity contribution >= 4 is 0 Å². The van der Waals surface area contributed by atoms with E-state index in [1.54, 1.807) is 0 Å². The smallest absolute Gasteiger partial charge is 0.0672 e. The summed E-state index contributed by atoms with van der Waals surface area (Å²) in [5.74, 6) is -0.105. The van der Waals surface area contributed by atoms with Gasteiger partial charge in [-0.1, -0.05) is 12.8 Å². The van der Waals surface area contributed by atoms with Crippen LogP contribution in [0.1, 0.15) is 44.9 Å². The first-order valence-electron chi connectivity index (χ1n) is 5.98. The van der Waals surface area contributed by atoms with Gasteiger partial charge in [0.2, 0.25) is 0 Å². The van der Waals surface area contributed by atoms with Crippen molar-refractivity contribution in [2.45, 2.75) is 51.0 Å². The molecule has 0 radical (unpaired) electrons. The van der Waals surface area contributed by atoms with Crippen molar-refractivity contribution in [1.82, 2.24) is 0 Å². The molecule has 0 saturated heterocycles. The summed E-state index contributed by atoms with van der Waals surface area (Å²) >= 11 is 0. The van der Waals surface area contributed by atoms with E-state index in [0.717, 1.165) is 45.1 Å². The summed E-state index contributed by atoms with van der Waals surface area (Å²) < 4.78 is 0. The van der Waals surface area contributed by atoms with E-state index in [4.69, 9.17) is 22.0 Å². The monoisotopic (exact) mass is 222 g/mol. The van der Waals surface area contributed by atoms with Gasteiger partial charge in [0.15, 0.2) is 0 Å². The maximum atomic E-state index is 8.97. The summed E-state index contributed by atoms with van der Waals surface area (Å²) in [6.07, 6.45) is 6.05. The molecule has 0 bridgehead atoms. The van der Waals surface area contributed by atoms with Gasteiger partial charge in [-0.2, -0.15) is 10.5 Å². The quantitative estimate of drug-likeness (QED) is 0.579. The molecule has 4 N–H and O–H groups in total. The van der Waals surface area contributed by atoms with Crippen LogP contribution in [0.15, 0.2) is 0 Å². The van der Waals surface area contributed by atoms with Crippen molar-refractivity contribution in [3.8, 4) is 12.1 Å². The zero-order valence-electron chi connectivity index (χ0n) is 9.86. The molecule has 0 aromatic rings. The molecular weight excluding hydrogens is 200 g/mol. The predicted molar refractivity (Wildman–Crippen MR) is 64.1 cm³/mol. The van der Waals surface area contributed by atoms with Gasteiger partial charge in [0.1, 0.15) is 0 Å². The molecule has 0 aromatic heterocycles. The molecule has 0 saturated carbocycles. The topological polar surface area (TPSA) is 99.6 Å². The van der Waals surface area contributed by atoms with Crippen LogP contribution in [-0.2, 0) is 0 Å². The molecule has 0 fully saturated rings. The molecule has 0 aliphatic carbocycles. The first-order valence-corrected chi connectivity index (χ1v) is 5.98. The average molecular weight is 222 g/mol. The number of hydrogen-bond acceptors (Lipinski definition) is 4. The third-order valence-electron chi connectivity index (χ3n) is 2.73. The molecule has 0 amide bonds. The third kappa shape index (κ3) is 7.23. The van der Waals surface area contributed by atoms with Crippen molar-refractivity contribution in [3.63, 3.8) is 0 Å². The van der Waals surface area contributed by atoms with E-state index in [-0.39, 0.29) is 12.0 Å². The SMILES string of the molecule is N#CCCCC(C#N)C(N)CCCCCN. The van der Waals surface area contributed by atoms with Gasteiger partial charge in [0, 0.05) is 12.5 Å². The van der Waals surface area contributed by atoms with Crippen molar-refractivity contribution in [1.29, 1.82) is 10.5 Å². The van der Waals surface area contributed by atoms with Crippen LogP contribution in [0.25, 0.3) is 0 Å². The van der Waals surface area contributed by atoms with Crippen molar-refractivity contribution in [2.24, 2.45) is 17.4 Å². The van der Waals surface area contributed by atoms with Gasteiger partial charge in [-0.05, 0) is 32.2 Å². The van der Waals surface area contributed by atoms with Gasteiger partial charge in [-0.15, -0.1) is 0 Å². The number of nitrogens with zero attached hydrogens (tertiary/aromatic N) is 2. The summed E-state index contributed by atoms with van der Waals surface area (Å²) in [5.41, 5.74) is 11.4. The molecule has 2 unspecified atom stereocenters. The standard InChI is InChI=1S/C12H22N4/c13-8-4-1-2-7-12(16)11(10-15)6-3-5-9-14/h11-12H,1-8,13,16H2. The van der Waals surface area contributed by atoms with Gasteiger partial charge >= 0.3 is 0 Å². The highest BCUT2D eigenvalue weighted by molar-refractivity contribution is 4.90. The highest BCUT2D eigenvalue weighted by Gasteiger charge is 2.16. The lowest BCUT2D eigenvalue weighted by Crippen LogP contribution is -2.29. The Labute approximate surface area is 98.2 Å². The number of rotatable bonds is 9. The molecule has 4 nitrogen and oxygen atoms in total. The third-order valence-corrected chi connectivity index (χ3v) is 2.73. The molecule has 0 heterocycles. The van der Waals surface area contributed by atoms with Crippen LogP contribution in [0.3, 0.4) is 0 Å². The fraction of sp³-hybridized carbons (Fsp3) is 0.833. The second-order valence-electron chi connectivity index (χ2n) is 4.09. The normalized spacial score (nSPS) is 13.8. The van der Waals surface area contributed by atoms with Gasteiger partial charge in [0.25, 0.3) is 0 Å². The fourth-order valence-electron chi connectivity index (χ4n) is 1.68. The van der Waals surface area contributed by atoms with E-state index >= 15 is 0 Å². The Morgan fingerprint density at radius 2 is 1.75 bits per heavy atom. The predicted octanol–water partition coefficient (Wildman–Crippen LogP) is 1.67. The average Bonchev–Trinajstić information content (AvgIpc) is 2.30. The van der Waals surface area contributed by atoms with Crippen LogP contribution in [0.4, 0.5) is 0 Å². The van der Waals surface area contributed by atoms with Crippen LogP contribution >= 0.6 is 0 Å². The number of nitriles is 2. The zero-order valence-corrected chi connectivity index (χ0v) is 9.86. The maximum absolute atomic E-state index is 8.97. The van der Waals surface area contributed by atoms with Gasteiger partial charge in [-0.25, -0.2) is 0 Å². The Bertz CT molecular complexity index is 238. The van der Waals surface area contributed by atoms with Gasteiger partial charge in [0.05, 0.1) is 18.1 Å². The van der Waals surface area contributed by atoms with E-state index in [2.05, 4.69) is 12.1 Å². The lowest BCUT2D eigenvalue weighted by Gasteiger charge is -2.16. The summed E-state index contributed by atoms with van der Waals surface area (Å²) in [4.78, 5) is 0. The Kier molecular flexibility index (Phi) is 9.70. The lowest BCUT2D eigenvalue weighted by molar-refractivity contribution is 0.429. The number of nitrogens with two attached hydrogens (primary N) is 2. The second kappa shape index (κ2) is 10.4. The van der Waals surface area contributed by atoms with E-state index in [9.17, 15) is 0 Å². The van der Waals surface area contributed by atoms with Gasteiger partial charge in [-0.3, -0.25) is 0 Å². The van der Waals surface area contributed by atoms with E-state index in [1.165, 1.54) is 0 Å². The Hall–Kier alpha value is -1.10. The molecule has 4 heteroatoms. The lowest BCUT2D eigenvalue weighted by atomic mass is 9.92. The summed E-state index contributed by atoms with van der Waals surface area (Å²) in [6.45, 7) is 0.721. The Morgan fingerprint density at radius 1 is 1.00 bits per heavy atom. The minimum atomic E-state index is -0.105. The van der Waals surface area contributed by atoms with Crippen LogP contribution in [0.5, 0.6) is 0 Å². The van der Waals surface area contributed by atoms with Crippen molar-refractivity contribution in [2.75, 3.05) is 6.54 Å². The van der Waals surface area contributed by atoms with Crippen molar-refractivity contribution < 1.29 is 0 Å².